The molecule has 1 atom stereocenters. The van der Waals surface area contributed by atoms with E-state index in [1.54, 1.807) is 30.3 Å². The number of phenolic OH excluding ortho intramolecular Hbond substituents is 2. The van der Waals surface area contributed by atoms with Crippen LogP contribution in [0.4, 0.5) is 0 Å². The summed E-state index contributed by atoms with van der Waals surface area (Å²) in [7, 11) is 2.90. The molecule has 4 N–H and O–H groups in total. The van der Waals surface area contributed by atoms with Crippen LogP contribution in [0.15, 0.2) is 42.5 Å². The van der Waals surface area contributed by atoms with Gasteiger partial charge in [-0.25, -0.2) is 0 Å². The van der Waals surface area contributed by atoms with Gasteiger partial charge in [0.15, 0.2) is 23.0 Å². The topological polar surface area (TPSA) is 108 Å². The van der Waals surface area contributed by atoms with E-state index in [-0.39, 0.29) is 24.0 Å². The van der Waals surface area contributed by atoms with Gasteiger partial charge in [-0.2, -0.15) is 0 Å². The van der Waals surface area contributed by atoms with E-state index in [0.29, 0.717) is 23.5 Å². The van der Waals surface area contributed by atoms with Gasteiger partial charge in [-0.3, -0.25) is 4.79 Å². The molecule has 7 heteroatoms. The number of carbonyl (C=O) groups is 1. The van der Waals surface area contributed by atoms with Crippen molar-refractivity contribution in [3.8, 4) is 23.0 Å². The summed E-state index contributed by atoms with van der Waals surface area (Å²) in [5, 5.41) is 31.5. The van der Waals surface area contributed by atoms with Crippen LogP contribution in [0.5, 0.6) is 23.0 Å². The van der Waals surface area contributed by atoms with Crippen molar-refractivity contribution in [3.63, 3.8) is 0 Å². The first-order valence-electron chi connectivity index (χ1n) is 8.29. The molecule has 2 aromatic carbocycles. The third-order valence-electron chi connectivity index (χ3n) is 3.92. The van der Waals surface area contributed by atoms with Crippen LogP contribution < -0.4 is 14.8 Å². The Morgan fingerprint density at radius 2 is 1.70 bits per heavy atom. The van der Waals surface area contributed by atoms with Crippen molar-refractivity contribution in [2.75, 3.05) is 20.8 Å². The maximum absolute atomic E-state index is 12.1. The molecule has 2 rings (SSSR count). The van der Waals surface area contributed by atoms with E-state index < -0.39 is 6.04 Å². The standard InChI is InChI=1S/C20H23NO6/c1-26-18-10-13(3-6-16(18)23)5-8-20(25)21-15(12-22)9-14-4-7-17(24)19(11-14)27-2/h3-8,10-11,15,22-24H,9,12H2,1-2H3,(H,21,25)/t15-/m1/s1. The molecule has 0 saturated carbocycles. The number of phenols is 2. The lowest BCUT2D eigenvalue weighted by atomic mass is 10.1. The van der Waals surface area contributed by atoms with Gasteiger partial charge in [-0.05, 0) is 47.9 Å². The molecule has 144 valence electrons. The molecule has 0 unspecified atom stereocenters. The minimum Gasteiger partial charge on any atom is -0.504 e. The van der Waals surface area contributed by atoms with Crippen LogP contribution in [0, 0.1) is 0 Å². The highest BCUT2D eigenvalue weighted by Crippen LogP contribution is 2.27. The molecule has 0 aliphatic rings. The predicted octanol–water partition coefficient (Wildman–Crippen LogP) is 1.85. The fourth-order valence-electron chi connectivity index (χ4n) is 2.51. The highest BCUT2D eigenvalue weighted by atomic mass is 16.5. The van der Waals surface area contributed by atoms with Crippen molar-refractivity contribution in [1.82, 2.24) is 5.32 Å². The van der Waals surface area contributed by atoms with Gasteiger partial charge < -0.3 is 30.1 Å². The number of carbonyl (C=O) groups excluding carboxylic acids is 1. The molecule has 0 spiro atoms. The van der Waals surface area contributed by atoms with Crippen molar-refractivity contribution in [2.45, 2.75) is 12.5 Å². The van der Waals surface area contributed by atoms with Crippen molar-refractivity contribution >= 4 is 12.0 Å². The molecule has 7 nitrogen and oxygen atoms in total. The molecule has 0 aliphatic heterocycles. The molecule has 27 heavy (non-hydrogen) atoms. The van der Waals surface area contributed by atoms with Gasteiger partial charge in [0.2, 0.25) is 5.91 Å². The maximum atomic E-state index is 12.1. The summed E-state index contributed by atoms with van der Waals surface area (Å²) in [5.74, 6) is 0.317. The number of hydrogen-bond donors (Lipinski definition) is 4. The lowest BCUT2D eigenvalue weighted by Gasteiger charge is -2.16. The Balaban J connectivity index is 2.00. The molecule has 1 amide bonds. The van der Waals surface area contributed by atoms with Crippen molar-refractivity contribution in [1.29, 1.82) is 0 Å². The number of aromatic hydroxyl groups is 2. The number of hydrogen-bond acceptors (Lipinski definition) is 6. The number of aliphatic hydroxyl groups excluding tert-OH is 1. The van der Waals surface area contributed by atoms with Gasteiger partial charge in [0.25, 0.3) is 0 Å². The number of ether oxygens (including phenoxy) is 2. The molecule has 0 aromatic heterocycles. The Labute approximate surface area is 157 Å². The monoisotopic (exact) mass is 373 g/mol. The zero-order valence-electron chi connectivity index (χ0n) is 15.2. The van der Waals surface area contributed by atoms with Crippen LogP contribution in [0.3, 0.4) is 0 Å². The zero-order chi connectivity index (χ0) is 19.8. The highest BCUT2D eigenvalue weighted by molar-refractivity contribution is 5.92. The lowest BCUT2D eigenvalue weighted by molar-refractivity contribution is -0.117. The molecule has 0 fully saturated rings. The Kier molecular flexibility index (Phi) is 7.08. The summed E-state index contributed by atoms with van der Waals surface area (Å²) in [5.41, 5.74) is 1.49. The fourth-order valence-corrected chi connectivity index (χ4v) is 2.51. The van der Waals surface area contributed by atoms with Crippen LogP contribution in [-0.4, -0.2) is 48.1 Å². The minimum atomic E-state index is -0.495. The summed E-state index contributed by atoms with van der Waals surface area (Å²) in [6.07, 6.45) is 3.29. The molecule has 2 aromatic rings. The second-order valence-electron chi connectivity index (χ2n) is 5.86. The first-order valence-corrected chi connectivity index (χ1v) is 8.29. The third-order valence-corrected chi connectivity index (χ3v) is 3.92. The summed E-state index contributed by atoms with van der Waals surface area (Å²) in [6.45, 7) is -0.240. The third kappa shape index (κ3) is 5.65. The van der Waals surface area contributed by atoms with Crippen molar-refractivity contribution in [2.24, 2.45) is 0 Å². The van der Waals surface area contributed by atoms with Crippen LogP contribution >= 0.6 is 0 Å². The van der Waals surface area contributed by atoms with E-state index in [9.17, 15) is 20.1 Å². The zero-order valence-corrected chi connectivity index (χ0v) is 15.2. The molecule has 0 heterocycles. The quantitative estimate of drug-likeness (QED) is 0.526. The molecule has 0 aliphatic carbocycles. The number of methoxy groups -OCH3 is 2. The molecular formula is C20H23NO6. The van der Waals surface area contributed by atoms with Crippen LogP contribution in [0.2, 0.25) is 0 Å². The Morgan fingerprint density at radius 3 is 2.33 bits per heavy atom. The summed E-state index contributed by atoms with van der Waals surface area (Å²) in [4.78, 5) is 12.1. The van der Waals surface area contributed by atoms with Gasteiger partial charge >= 0.3 is 0 Å². The predicted molar refractivity (Wildman–Crippen MR) is 101 cm³/mol. The summed E-state index contributed by atoms with van der Waals surface area (Å²) in [6, 6.07) is 9.09. The van der Waals surface area contributed by atoms with Crippen molar-refractivity contribution < 1.29 is 29.6 Å². The average molecular weight is 373 g/mol. The molecule has 0 saturated heterocycles. The normalized spacial score (nSPS) is 12.0. The summed E-state index contributed by atoms with van der Waals surface area (Å²) >= 11 is 0. The first kappa shape index (κ1) is 20.1. The average Bonchev–Trinajstić information content (AvgIpc) is 2.68. The fraction of sp³-hybridized carbons (Fsp3) is 0.250. The molecule has 0 bridgehead atoms. The van der Waals surface area contributed by atoms with E-state index in [1.807, 2.05) is 0 Å². The number of rotatable bonds is 8. The smallest absolute Gasteiger partial charge is 0.244 e. The second-order valence-corrected chi connectivity index (χ2v) is 5.86. The van der Waals surface area contributed by atoms with Crippen molar-refractivity contribution in [3.05, 3.63) is 53.6 Å². The molecular weight excluding hydrogens is 350 g/mol. The second kappa shape index (κ2) is 9.49. The number of aliphatic hydroxyl groups is 1. The van der Waals surface area contributed by atoms with E-state index in [1.165, 1.54) is 32.4 Å². The van der Waals surface area contributed by atoms with Gasteiger partial charge in [-0.15, -0.1) is 0 Å². The van der Waals surface area contributed by atoms with Gasteiger partial charge in [0.05, 0.1) is 26.9 Å². The van der Waals surface area contributed by atoms with E-state index in [4.69, 9.17) is 9.47 Å². The number of benzene rings is 2. The van der Waals surface area contributed by atoms with Gasteiger partial charge in [0.1, 0.15) is 0 Å². The van der Waals surface area contributed by atoms with Gasteiger partial charge in [0, 0.05) is 6.08 Å². The van der Waals surface area contributed by atoms with E-state index >= 15 is 0 Å². The minimum absolute atomic E-state index is 0.0174. The van der Waals surface area contributed by atoms with E-state index in [0.717, 1.165) is 5.56 Å². The summed E-state index contributed by atoms with van der Waals surface area (Å²) < 4.78 is 10.1. The molecule has 0 radical (unpaired) electrons. The van der Waals surface area contributed by atoms with E-state index in [2.05, 4.69) is 5.32 Å². The Bertz CT molecular complexity index is 818. The number of nitrogens with one attached hydrogen (secondary N) is 1. The Morgan fingerprint density at radius 1 is 1.07 bits per heavy atom. The SMILES string of the molecule is COc1cc(C=CC(=O)N[C@@H](CO)Cc2ccc(O)c(OC)c2)ccc1O. The Hall–Kier alpha value is -3.19. The largest absolute Gasteiger partial charge is 0.504 e. The van der Waals surface area contributed by atoms with Crippen LogP contribution in [0.25, 0.3) is 6.08 Å². The first-order chi connectivity index (χ1) is 13.0. The highest BCUT2D eigenvalue weighted by Gasteiger charge is 2.12. The van der Waals surface area contributed by atoms with Gasteiger partial charge in [-0.1, -0.05) is 12.1 Å². The maximum Gasteiger partial charge on any atom is 0.244 e. The van der Waals surface area contributed by atoms with Crippen LogP contribution in [0.1, 0.15) is 11.1 Å². The van der Waals surface area contributed by atoms with Crippen LogP contribution in [-0.2, 0) is 11.2 Å². The lowest BCUT2D eigenvalue weighted by Crippen LogP contribution is -2.38. The number of amides is 1.